The predicted molar refractivity (Wildman–Crippen MR) is 32.3 cm³/mol. The maximum Gasteiger partial charge on any atom is 0 e. The first-order chi connectivity index (χ1) is 4.13. The van der Waals surface area contributed by atoms with Gasteiger partial charge in [0.15, 0.2) is 0 Å². The van der Waals surface area contributed by atoms with Crippen molar-refractivity contribution in [1.29, 1.82) is 0 Å². The average molecular weight is 230 g/mol. The van der Waals surface area contributed by atoms with Gasteiger partial charge in [0.05, 0.1) is 0 Å². The maximum atomic E-state index is 10.8. The summed E-state index contributed by atoms with van der Waals surface area (Å²) in [5.41, 5.74) is 0. The zero-order chi connectivity index (χ0) is 7.02. The summed E-state index contributed by atoms with van der Waals surface area (Å²) >= 11 is 0. The number of aliphatic imine (C=N–C) groups is 1. The number of amidine groups is 1. The van der Waals surface area contributed by atoms with E-state index in [0.29, 0.717) is 5.84 Å². The molecule has 5 heteroatoms. The van der Waals surface area contributed by atoms with Crippen LogP contribution >= 0.6 is 0 Å². The molecule has 0 saturated carbocycles. The van der Waals surface area contributed by atoms with Gasteiger partial charge in [-0.3, -0.25) is 0 Å². The van der Waals surface area contributed by atoms with E-state index < -0.39 is 0 Å². The van der Waals surface area contributed by atoms with Crippen molar-refractivity contribution in [3.05, 3.63) is 6.17 Å². The zero-order valence-electron chi connectivity index (χ0n) is 6.08. The summed E-state index contributed by atoms with van der Waals surface area (Å²) in [5.74, 6) is 0.495. The molecule has 60 valence electrons. The van der Waals surface area contributed by atoms with E-state index in [0.717, 1.165) is 11.3 Å². The van der Waals surface area contributed by atoms with Gasteiger partial charge in [0.25, 0.3) is 0 Å². The van der Waals surface area contributed by atoms with Gasteiger partial charge < -0.3 is 4.99 Å². The number of hydrogen-bond acceptors (Lipinski definition) is 3. The van der Waals surface area contributed by atoms with Gasteiger partial charge in [0.1, 0.15) is 0 Å². The van der Waals surface area contributed by atoms with Crippen LogP contribution in [0.15, 0.2) is 4.99 Å². The van der Waals surface area contributed by atoms with E-state index >= 15 is 0 Å². The summed E-state index contributed by atoms with van der Waals surface area (Å²) in [6.45, 7) is 3.47. The molecule has 2 radical (unpaired) electrons. The molecule has 1 aliphatic rings. The smallest absolute Gasteiger partial charge is 0 e. The summed E-state index contributed by atoms with van der Waals surface area (Å²) in [6.07, 6.45) is 0.738. The third kappa shape index (κ3) is 1.48. The molecule has 1 heterocycles. The zero-order valence-corrected chi connectivity index (χ0v) is 7.72. The van der Waals surface area contributed by atoms with Crippen molar-refractivity contribution in [1.82, 2.24) is 10.2 Å². The van der Waals surface area contributed by atoms with Crippen molar-refractivity contribution in [3.63, 3.8) is 0 Å². The third-order valence-electron chi connectivity index (χ3n) is 1.34. The number of hydroxylamine groups is 1. The molecule has 10 heavy (non-hydrogen) atoms. The van der Waals surface area contributed by atoms with Crippen LogP contribution in [0.5, 0.6) is 0 Å². The van der Waals surface area contributed by atoms with E-state index in [2.05, 4.69) is 4.99 Å². The summed E-state index contributed by atoms with van der Waals surface area (Å²) in [6, 6.07) is 0. The Bertz CT molecular complexity index is 150. The number of hydrazine groups is 1. The van der Waals surface area contributed by atoms with Gasteiger partial charge in [-0.2, -0.15) is 0 Å². The Labute approximate surface area is 73.2 Å². The van der Waals surface area contributed by atoms with Gasteiger partial charge in [0.2, 0.25) is 0 Å². The van der Waals surface area contributed by atoms with Gasteiger partial charge in [0, 0.05) is 19.5 Å². The van der Waals surface area contributed by atoms with E-state index in [1.807, 2.05) is 0 Å². The van der Waals surface area contributed by atoms with Gasteiger partial charge in [-0.25, -0.2) is 10.2 Å². The molecule has 0 fully saturated rings. The molecule has 0 amide bonds. The maximum absolute atomic E-state index is 10.8. The first kappa shape index (κ1) is 9.88. The van der Waals surface area contributed by atoms with E-state index in [1.165, 1.54) is 5.01 Å². The fraction of sp³-hybridized carbons (Fsp3) is 0.600. The van der Waals surface area contributed by atoms with Crippen LogP contribution in [0, 0.1) is 6.17 Å². The minimum atomic E-state index is 0. The molecule has 0 saturated heterocycles. The van der Waals surface area contributed by atoms with Crippen molar-refractivity contribution >= 4 is 5.84 Å². The van der Waals surface area contributed by atoms with E-state index in [-0.39, 0.29) is 19.5 Å². The van der Waals surface area contributed by atoms with Crippen LogP contribution in [0.1, 0.15) is 13.8 Å². The van der Waals surface area contributed by atoms with E-state index in [9.17, 15) is 5.21 Å². The number of hydrogen-bond donors (Lipinski definition) is 0. The summed E-state index contributed by atoms with van der Waals surface area (Å²) in [7, 11) is 1.68. The second-order valence-corrected chi connectivity index (χ2v) is 2.00. The van der Waals surface area contributed by atoms with Gasteiger partial charge in [-0.05, 0) is 12.9 Å². The monoisotopic (exact) mass is 230 g/mol. The molecule has 1 rings (SSSR count). The molecule has 0 aromatic rings. The van der Waals surface area contributed by atoms with Crippen molar-refractivity contribution in [2.45, 2.75) is 13.8 Å². The van der Waals surface area contributed by atoms with Gasteiger partial charge in [-0.15, -0.1) is 0 Å². The molecule has 0 aliphatic carbocycles. The molecule has 0 atom stereocenters. The van der Waals surface area contributed by atoms with Crippen LogP contribution in [-0.2, 0) is 24.7 Å². The quantitative estimate of drug-likeness (QED) is 0.446. The average Bonchev–Trinajstić information content (AvgIpc) is 1.98. The third-order valence-corrected chi connectivity index (χ3v) is 1.34. The molecule has 0 aromatic heterocycles. The number of nitrogens with zero attached hydrogens (tertiary/aromatic N) is 3. The Kier molecular flexibility index (Phi) is 3.29. The van der Waals surface area contributed by atoms with Crippen LogP contribution in [0.4, 0.5) is 0 Å². The SMILES string of the molecule is CC1=N[C-](C)N(C)N1[O].[Rh]. The molecule has 1 aliphatic heterocycles. The van der Waals surface area contributed by atoms with Gasteiger partial charge >= 0.3 is 0 Å². The standard InChI is InChI=1S/C5H9N3O.Rh/c1-4-6-5(2)8(9)7(4)3;/h1-3H3;/q-1;. The Morgan fingerprint density at radius 3 is 2.20 bits per heavy atom. The second kappa shape index (κ2) is 3.33. The summed E-state index contributed by atoms with van der Waals surface area (Å²) in [5, 5.41) is 13.0. The molecule has 0 bridgehead atoms. The molecular weight excluding hydrogens is 221 g/mol. The first-order valence-corrected chi connectivity index (χ1v) is 2.72. The van der Waals surface area contributed by atoms with Crippen molar-refractivity contribution < 1.29 is 24.7 Å². The number of rotatable bonds is 0. The van der Waals surface area contributed by atoms with Crippen LogP contribution in [0.3, 0.4) is 0 Å². The molecule has 0 spiro atoms. The fourth-order valence-electron chi connectivity index (χ4n) is 0.698. The van der Waals surface area contributed by atoms with Crippen molar-refractivity contribution in [2.75, 3.05) is 7.05 Å². The topological polar surface area (TPSA) is 38.7 Å². The van der Waals surface area contributed by atoms with E-state index in [1.54, 1.807) is 20.9 Å². The largest absolute Gasteiger partial charge is 0.413 e. The van der Waals surface area contributed by atoms with Crippen LogP contribution in [0.2, 0.25) is 0 Å². The first-order valence-electron chi connectivity index (χ1n) is 2.72. The van der Waals surface area contributed by atoms with Crippen LogP contribution in [-0.4, -0.2) is 23.1 Å². The Hall–Kier alpha value is -0.117. The van der Waals surface area contributed by atoms with Crippen molar-refractivity contribution in [2.24, 2.45) is 4.99 Å². The van der Waals surface area contributed by atoms with Crippen LogP contribution in [0.25, 0.3) is 0 Å². The molecule has 0 N–H and O–H groups in total. The molecule has 4 nitrogen and oxygen atoms in total. The Morgan fingerprint density at radius 1 is 1.60 bits per heavy atom. The molecule has 0 aromatic carbocycles. The molecule has 0 unspecified atom stereocenters. The normalized spacial score (nSPS) is 19.0. The van der Waals surface area contributed by atoms with E-state index in [4.69, 9.17) is 0 Å². The second-order valence-electron chi connectivity index (χ2n) is 2.00. The minimum Gasteiger partial charge on any atom is -0.413 e. The van der Waals surface area contributed by atoms with Gasteiger partial charge in [-0.1, -0.05) is 25.2 Å². The summed E-state index contributed by atoms with van der Waals surface area (Å²) < 4.78 is 0. The Balaban J connectivity index is 0.000000810. The van der Waals surface area contributed by atoms with Crippen LogP contribution < -0.4 is 0 Å². The Morgan fingerprint density at radius 2 is 2.10 bits per heavy atom. The summed E-state index contributed by atoms with van der Waals surface area (Å²) in [4.78, 5) is 3.92. The predicted octanol–water partition coefficient (Wildman–Crippen LogP) is 0.420. The van der Waals surface area contributed by atoms with Crippen molar-refractivity contribution in [3.8, 4) is 0 Å². The molecular formula is C5H9N3ORh-. The minimum absolute atomic E-state index is 0. The fourth-order valence-corrected chi connectivity index (χ4v) is 0.698.